The molecule has 1 aliphatic rings. The summed E-state index contributed by atoms with van der Waals surface area (Å²) in [4.78, 5) is 4.44. The number of rotatable bonds is 8. The lowest BCUT2D eigenvalue weighted by Gasteiger charge is -2.28. The molecule has 0 saturated heterocycles. The molecular weight excluding hydrogens is 475 g/mol. The minimum Gasteiger partial charge on any atom is -0.357 e. The summed E-state index contributed by atoms with van der Waals surface area (Å²) >= 11 is 0. The molecule has 6 nitrogen and oxygen atoms in total. The second-order valence-corrected chi connectivity index (χ2v) is 8.91. The minimum absolute atomic E-state index is 0. The third kappa shape index (κ3) is 9.75. The predicted octanol–water partition coefficient (Wildman–Crippen LogP) is 2.86. The third-order valence-electron chi connectivity index (χ3n) is 4.67. The zero-order valence-corrected chi connectivity index (χ0v) is 19.4. The van der Waals surface area contributed by atoms with E-state index in [9.17, 15) is 8.42 Å². The number of sulfonamides is 1. The Morgan fingerprint density at radius 2 is 1.81 bits per heavy atom. The average molecular weight is 508 g/mol. The van der Waals surface area contributed by atoms with E-state index < -0.39 is 10.0 Å². The van der Waals surface area contributed by atoms with E-state index in [0.29, 0.717) is 18.5 Å². The fourth-order valence-electron chi connectivity index (χ4n) is 3.06. The number of hydrogen-bond donors (Lipinski definition) is 3. The first-order chi connectivity index (χ1) is 12.5. The van der Waals surface area contributed by atoms with E-state index in [-0.39, 0.29) is 36.3 Å². The molecule has 0 aromatic heterocycles. The van der Waals surface area contributed by atoms with E-state index in [1.54, 1.807) is 0 Å². The van der Waals surface area contributed by atoms with Crippen LogP contribution in [0.1, 0.15) is 45.1 Å². The van der Waals surface area contributed by atoms with Gasteiger partial charge in [0.2, 0.25) is 10.0 Å². The molecule has 1 fully saturated rings. The van der Waals surface area contributed by atoms with Crippen LogP contribution in [0.2, 0.25) is 0 Å². The average Bonchev–Trinajstić information content (AvgIpc) is 2.63. The van der Waals surface area contributed by atoms with Crippen LogP contribution in [0.15, 0.2) is 35.3 Å². The monoisotopic (exact) mass is 508 g/mol. The molecule has 0 aliphatic heterocycles. The summed E-state index contributed by atoms with van der Waals surface area (Å²) in [7, 11) is -3.34. The third-order valence-corrected chi connectivity index (χ3v) is 5.97. The molecule has 3 N–H and O–H groups in total. The lowest BCUT2D eigenvalue weighted by molar-refractivity contribution is 0.329. The van der Waals surface area contributed by atoms with Gasteiger partial charge < -0.3 is 10.6 Å². The minimum atomic E-state index is -3.34. The van der Waals surface area contributed by atoms with Gasteiger partial charge in [-0.3, -0.25) is 4.99 Å². The highest BCUT2D eigenvalue weighted by atomic mass is 127. The second-order valence-electron chi connectivity index (χ2n) is 6.99. The predicted molar refractivity (Wildman–Crippen MR) is 123 cm³/mol. The summed E-state index contributed by atoms with van der Waals surface area (Å²) < 4.78 is 26.9. The number of nitrogens with zero attached hydrogens (tertiary/aromatic N) is 1. The molecule has 27 heavy (non-hydrogen) atoms. The van der Waals surface area contributed by atoms with Crippen LogP contribution in [0, 0.1) is 5.92 Å². The van der Waals surface area contributed by atoms with Gasteiger partial charge >= 0.3 is 0 Å². The topological polar surface area (TPSA) is 82.6 Å². The zero-order chi connectivity index (χ0) is 18.8. The lowest BCUT2D eigenvalue weighted by Crippen LogP contribution is -2.45. The van der Waals surface area contributed by atoms with E-state index in [1.807, 2.05) is 37.3 Å². The van der Waals surface area contributed by atoms with Crippen LogP contribution in [0.25, 0.3) is 0 Å². The molecule has 1 aromatic carbocycles. The van der Waals surface area contributed by atoms with Crippen LogP contribution in [-0.2, 0) is 16.6 Å². The standard InChI is InChI=1S/C19H32N4O2S.HI/c1-3-20-19(23-18-11-9-16(2)10-12-18)21-13-14-26(24,25)22-15-17-7-5-4-6-8-17;/h4-8,16,18,22H,3,9-15H2,1-2H3,(H2,20,21,23);1H. The normalized spacial score (nSPS) is 20.6. The van der Waals surface area contributed by atoms with Crippen molar-refractivity contribution in [2.45, 2.75) is 52.1 Å². The molecule has 1 aromatic rings. The highest BCUT2D eigenvalue weighted by Gasteiger charge is 2.19. The molecular formula is C19H33IN4O2S. The van der Waals surface area contributed by atoms with Crippen molar-refractivity contribution in [1.82, 2.24) is 15.4 Å². The summed E-state index contributed by atoms with van der Waals surface area (Å²) in [6.07, 6.45) is 4.74. The van der Waals surface area contributed by atoms with Gasteiger partial charge in [0.05, 0.1) is 12.3 Å². The number of halogens is 1. The Bertz CT molecular complexity index is 660. The molecule has 0 radical (unpaired) electrons. The van der Waals surface area contributed by atoms with Gasteiger partial charge in [0, 0.05) is 19.1 Å². The van der Waals surface area contributed by atoms with Crippen molar-refractivity contribution in [1.29, 1.82) is 0 Å². The Balaban J connectivity index is 0.00000364. The number of nitrogens with one attached hydrogen (secondary N) is 3. The Kier molecular flexibility index (Phi) is 11.2. The highest BCUT2D eigenvalue weighted by Crippen LogP contribution is 2.23. The van der Waals surface area contributed by atoms with Crippen LogP contribution in [0.3, 0.4) is 0 Å². The summed E-state index contributed by atoms with van der Waals surface area (Å²) in [5.74, 6) is 1.50. The Morgan fingerprint density at radius 1 is 1.15 bits per heavy atom. The van der Waals surface area contributed by atoms with Crippen molar-refractivity contribution in [3.05, 3.63) is 35.9 Å². The van der Waals surface area contributed by atoms with Gasteiger partial charge in [-0.05, 0) is 44.1 Å². The molecule has 0 bridgehead atoms. The van der Waals surface area contributed by atoms with Gasteiger partial charge in [-0.2, -0.15) is 0 Å². The SMILES string of the molecule is CCNC(=NCCS(=O)(=O)NCc1ccccc1)NC1CCC(C)CC1.I. The number of benzene rings is 1. The zero-order valence-electron chi connectivity index (χ0n) is 16.3. The summed E-state index contributed by atoms with van der Waals surface area (Å²) in [5, 5.41) is 6.65. The molecule has 1 aliphatic carbocycles. The van der Waals surface area contributed by atoms with Crippen molar-refractivity contribution < 1.29 is 8.42 Å². The van der Waals surface area contributed by atoms with Crippen LogP contribution >= 0.6 is 24.0 Å². The van der Waals surface area contributed by atoms with E-state index in [2.05, 4.69) is 27.3 Å². The summed E-state index contributed by atoms with van der Waals surface area (Å²) in [6, 6.07) is 9.94. The van der Waals surface area contributed by atoms with Crippen molar-refractivity contribution in [2.75, 3.05) is 18.8 Å². The van der Waals surface area contributed by atoms with E-state index in [0.717, 1.165) is 30.9 Å². The second kappa shape index (κ2) is 12.6. The first kappa shape index (κ1) is 24.2. The highest BCUT2D eigenvalue weighted by molar-refractivity contribution is 14.0. The molecule has 1 saturated carbocycles. The summed E-state index contributed by atoms with van der Waals surface area (Å²) in [6.45, 7) is 5.61. The molecule has 0 amide bonds. The van der Waals surface area contributed by atoms with Gasteiger partial charge in [0.25, 0.3) is 0 Å². The first-order valence-corrected chi connectivity index (χ1v) is 11.2. The van der Waals surface area contributed by atoms with Gasteiger partial charge in [-0.25, -0.2) is 13.1 Å². The smallest absolute Gasteiger partial charge is 0.213 e. The lowest BCUT2D eigenvalue weighted by atomic mass is 9.87. The fraction of sp³-hybridized carbons (Fsp3) is 0.632. The van der Waals surface area contributed by atoms with Crippen LogP contribution in [-0.4, -0.2) is 39.3 Å². The quantitative estimate of drug-likeness (QED) is 0.287. The molecule has 0 unspecified atom stereocenters. The number of aliphatic imine (C=N–C) groups is 1. The Morgan fingerprint density at radius 3 is 2.44 bits per heavy atom. The van der Waals surface area contributed by atoms with Crippen molar-refractivity contribution in [3.8, 4) is 0 Å². The maximum atomic E-state index is 12.1. The number of hydrogen-bond acceptors (Lipinski definition) is 3. The molecule has 8 heteroatoms. The van der Waals surface area contributed by atoms with Gasteiger partial charge in [-0.15, -0.1) is 24.0 Å². The molecule has 0 heterocycles. The summed E-state index contributed by atoms with van der Waals surface area (Å²) in [5.41, 5.74) is 0.945. The first-order valence-electron chi connectivity index (χ1n) is 9.54. The van der Waals surface area contributed by atoms with Crippen molar-refractivity contribution in [3.63, 3.8) is 0 Å². The maximum Gasteiger partial charge on any atom is 0.213 e. The fourth-order valence-corrected chi connectivity index (χ4v) is 3.92. The van der Waals surface area contributed by atoms with E-state index >= 15 is 0 Å². The van der Waals surface area contributed by atoms with Crippen LogP contribution < -0.4 is 15.4 Å². The molecule has 2 rings (SSSR count). The van der Waals surface area contributed by atoms with Gasteiger partial charge in [-0.1, -0.05) is 37.3 Å². The van der Waals surface area contributed by atoms with E-state index in [4.69, 9.17) is 0 Å². The number of guanidine groups is 1. The molecule has 154 valence electrons. The maximum absolute atomic E-state index is 12.1. The largest absolute Gasteiger partial charge is 0.357 e. The van der Waals surface area contributed by atoms with Gasteiger partial charge in [0.15, 0.2) is 5.96 Å². The molecule has 0 spiro atoms. The van der Waals surface area contributed by atoms with Gasteiger partial charge in [0.1, 0.15) is 0 Å². The van der Waals surface area contributed by atoms with Crippen LogP contribution in [0.5, 0.6) is 0 Å². The van der Waals surface area contributed by atoms with E-state index in [1.165, 1.54) is 12.8 Å². The molecule has 0 atom stereocenters. The Labute approximate surface area is 181 Å². The van der Waals surface area contributed by atoms with Crippen LogP contribution in [0.4, 0.5) is 0 Å². The Hall–Kier alpha value is -0.870. The van der Waals surface area contributed by atoms with Crippen molar-refractivity contribution in [2.24, 2.45) is 10.9 Å². The van der Waals surface area contributed by atoms with Crippen molar-refractivity contribution >= 4 is 40.0 Å².